The summed E-state index contributed by atoms with van der Waals surface area (Å²) in [6.45, 7) is 6.07. The molecular weight excluding hydrogens is 328 g/mol. The van der Waals surface area contributed by atoms with Gasteiger partial charge in [-0.1, -0.05) is 18.2 Å². The van der Waals surface area contributed by atoms with Crippen molar-refractivity contribution in [3.8, 4) is 5.75 Å². The van der Waals surface area contributed by atoms with Crippen molar-refractivity contribution in [1.29, 1.82) is 0 Å². The number of methoxy groups -OCH3 is 1. The lowest BCUT2D eigenvalue weighted by Gasteiger charge is -2.30. The molecule has 0 N–H and O–H groups in total. The predicted octanol–water partition coefficient (Wildman–Crippen LogP) is 2.27. The fourth-order valence-electron chi connectivity index (χ4n) is 4.70. The van der Waals surface area contributed by atoms with Gasteiger partial charge in [-0.05, 0) is 37.3 Å². The van der Waals surface area contributed by atoms with Gasteiger partial charge in [-0.3, -0.25) is 4.79 Å². The number of likely N-dealkylation sites (tertiary alicyclic amines) is 2. The van der Waals surface area contributed by atoms with Crippen LogP contribution in [0.25, 0.3) is 0 Å². The molecule has 1 aromatic rings. The maximum atomic E-state index is 12.6. The molecule has 2 saturated heterocycles. The Morgan fingerprint density at radius 2 is 2.04 bits per heavy atom. The first-order valence-corrected chi connectivity index (χ1v) is 9.85. The van der Waals surface area contributed by atoms with Gasteiger partial charge in [0.2, 0.25) is 0 Å². The predicted molar refractivity (Wildman–Crippen MR) is 100 cm³/mol. The monoisotopic (exact) mass is 358 g/mol. The van der Waals surface area contributed by atoms with Crippen LogP contribution in [-0.4, -0.2) is 68.8 Å². The van der Waals surface area contributed by atoms with Crippen molar-refractivity contribution in [3.05, 3.63) is 30.3 Å². The normalized spacial score (nSPS) is 28.8. The summed E-state index contributed by atoms with van der Waals surface area (Å²) in [7, 11) is 1.79. The highest BCUT2D eigenvalue weighted by atomic mass is 16.5. The molecule has 0 bridgehead atoms. The van der Waals surface area contributed by atoms with Crippen molar-refractivity contribution in [1.82, 2.24) is 9.80 Å². The molecule has 1 saturated carbocycles. The largest absolute Gasteiger partial charge is 0.484 e. The number of benzene rings is 1. The van der Waals surface area contributed by atoms with Crippen molar-refractivity contribution >= 4 is 5.91 Å². The number of carbonyl (C=O) groups is 1. The van der Waals surface area contributed by atoms with E-state index in [2.05, 4.69) is 4.90 Å². The summed E-state index contributed by atoms with van der Waals surface area (Å²) in [5.41, 5.74) is 0.202. The maximum absolute atomic E-state index is 12.6. The van der Waals surface area contributed by atoms with Crippen LogP contribution >= 0.6 is 0 Å². The highest BCUT2D eigenvalue weighted by molar-refractivity contribution is 5.78. The van der Waals surface area contributed by atoms with Crippen LogP contribution in [0.4, 0.5) is 0 Å². The van der Waals surface area contributed by atoms with Crippen LogP contribution in [-0.2, 0) is 9.53 Å². The molecule has 1 aliphatic carbocycles. The van der Waals surface area contributed by atoms with Gasteiger partial charge in [-0.2, -0.15) is 0 Å². The Morgan fingerprint density at radius 1 is 1.23 bits per heavy atom. The second-order valence-corrected chi connectivity index (χ2v) is 8.32. The van der Waals surface area contributed by atoms with Crippen LogP contribution in [0.2, 0.25) is 0 Å². The molecule has 26 heavy (non-hydrogen) atoms. The molecule has 2 aliphatic heterocycles. The van der Waals surface area contributed by atoms with Gasteiger partial charge in [0.05, 0.1) is 6.61 Å². The van der Waals surface area contributed by atoms with Gasteiger partial charge < -0.3 is 19.3 Å². The lowest BCUT2D eigenvalue weighted by Crippen LogP contribution is -2.39. The summed E-state index contributed by atoms with van der Waals surface area (Å²) < 4.78 is 11.2. The smallest absolute Gasteiger partial charge is 0.260 e. The third-order valence-electron chi connectivity index (χ3n) is 6.31. The van der Waals surface area contributed by atoms with Gasteiger partial charge in [0.15, 0.2) is 6.61 Å². The molecule has 2 heterocycles. The summed E-state index contributed by atoms with van der Waals surface area (Å²) >= 11 is 0. The van der Waals surface area contributed by atoms with E-state index in [9.17, 15) is 4.79 Å². The average molecular weight is 358 g/mol. The topological polar surface area (TPSA) is 42.0 Å². The van der Waals surface area contributed by atoms with Crippen LogP contribution in [0.5, 0.6) is 5.75 Å². The van der Waals surface area contributed by atoms with Crippen molar-refractivity contribution in [3.63, 3.8) is 0 Å². The van der Waals surface area contributed by atoms with E-state index in [-0.39, 0.29) is 17.9 Å². The summed E-state index contributed by atoms with van der Waals surface area (Å²) in [6, 6.07) is 9.57. The summed E-state index contributed by atoms with van der Waals surface area (Å²) in [6.07, 6.45) is 3.86. The van der Waals surface area contributed by atoms with Gasteiger partial charge in [0.1, 0.15) is 5.75 Å². The van der Waals surface area contributed by atoms with Crippen molar-refractivity contribution in [2.75, 3.05) is 53.0 Å². The molecule has 4 rings (SSSR count). The van der Waals surface area contributed by atoms with Gasteiger partial charge in [-0.15, -0.1) is 0 Å². The molecule has 0 radical (unpaired) electrons. The van der Waals surface area contributed by atoms with E-state index in [0.29, 0.717) is 5.92 Å². The molecule has 1 spiro atoms. The van der Waals surface area contributed by atoms with E-state index in [1.165, 1.54) is 19.4 Å². The summed E-state index contributed by atoms with van der Waals surface area (Å²) in [5, 5.41) is 0. The lowest BCUT2D eigenvalue weighted by molar-refractivity contribution is -0.132. The van der Waals surface area contributed by atoms with E-state index in [1.54, 1.807) is 7.11 Å². The van der Waals surface area contributed by atoms with Crippen molar-refractivity contribution < 1.29 is 14.3 Å². The first-order chi connectivity index (χ1) is 12.7. The van der Waals surface area contributed by atoms with Crippen LogP contribution in [0.1, 0.15) is 19.3 Å². The van der Waals surface area contributed by atoms with E-state index in [1.807, 2.05) is 35.2 Å². The second-order valence-electron chi connectivity index (χ2n) is 8.32. The molecule has 5 heteroatoms. The van der Waals surface area contributed by atoms with E-state index in [0.717, 1.165) is 50.9 Å². The Hall–Kier alpha value is -1.59. The number of rotatable bonds is 7. The molecule has 0 unspecified atom stereocenters. The molecule has 0 aromatic heterocycles. The molecule has 1 aromatic carbocycles. The zero-order valence-electron chi connectivity index (χ0n) is 15.7. The van der Waals surface area contributed by atoms with Gasteiger partial charge in [0.25, 0.3) is 5.91 Å². The minimum atomic E-state index is 0.0996. The Morgan fingerprint density at radius 3 is 2.77 bits per heavy atom. The Bertz CT molecular complexity index is 619. The fraction of sp³-hybridized carbons (Fsp3) is 0.667. The van der Waals surface area contributed by atoms with Crippen LogP contribution < -0.4 is 4.74 Å². The average Bonchev–Trinajstić information content (AvgIpc) is 3.26. The third-order valence-corrected chi connectivity index (χ3v) is 6.31. The van der Waals surface area contributed by atoms with Crippen LogP contribution in [0, 0.1) is 17.3 Å². The van der Waals surface area contributed by atoms with Gasteiger partial charge in [-0.25, -0.2) is 0 Å². The SMILES string of the molecule is COC[C@@H]1CN(CC2CC2)C[C@@]12CCN(C(=O)COc1ccccc1)C2. The van der Waals surface area contributed by atoms with Gasteiger partial charge in [0, 0.05) is 51.2 Å². The summed E-state index contributed by atoms with van der Waals surface area (Å²) in [5.74, 6) is 2.29. The quantitative estimate of drug-likeness (QED) is 0.750. The second kappa shape index (κ2) is 7.57. The summed E-state index contributed by atoms with van der Waals surface area (Å²) in [4.78, 5) is 17.3. The third kappa shape index (κ3) is 3.89. The highest BCUT2D eigenvalue weighted by Gasteiger charge is 2.51. The fourth-order valence-corrected chi connectivity index (χ4v) is 4.70. The Balaban J connectivity index is 1.35. The minimum absolute atomic E-state index is 0.0996. The first-order valence-electron chi connectivity index (χ1n) is 9.85. The van der Waals surface area contributed by atoms with Crippen LogP contribution in [0.3, 0.4) is 0 Å². The zero-order chi connectivity index (χ0) is 18.0. The van der Waals surface area contributed by atoms with E-state index < -0.39 is 0 Å². The molecule has 2 atom stereocenters. The standard InChI is InChI=1S/C21H30N2O3/c1-25-13-18-12-22(11-17-7-8-17)15-21(18)9-10-23(16-21)20(24)14-26-19-5-3-2-4-6-19/h2-6,17-18H,7-16H2,1H3/t18-,21+/m0/s1. The Kier molecular flexibility index (Phi) is 5.18. The molecule has 3 aliphatic rings. The number of hydrogen-bond donors (Lipinski definition) is 0. The van der Waals surface area contributed by atoms with Crippen molar-refractivity contribution in [2.45, 2.75) is 19.3 Å². The number of nitrogens with zero attached hydrogens (tertiary/aromatic N) is 2. The lowest BCUT2D eigenvalue weighted by atomic mass is 9.77. The molecular formula is C21H30N2O3. The minimum Gasteiger partial charge on any atom is -0.484 e. The maximum Gasteiger partial charge on any atom is 0.260 e. The molecule has 5 nitrogen and oxygen atoms in total. The number of amides is 1. The molecule has 3 fully saturated rings. The van der Waals surface area contributed by atoms with Crippen molar-refractivity contribution in [2.24, 2.45) is 17.3 Å². The number of hydrogen-bond acceptors (Lipinski definition) is 4. The number of para-hydroxylation sites is 1. The molecule has 1 amide bonds. The molecule has 142 valence electrons. The van der Waals surface area contributed by atoms with Gasteiger partial charge >= 0.3 is 0 Å². The van der Waals surface area contributed by atoms with Crippen LogP contribution in [0.15, 0.2) is 30.3 Å². The number of carbonyl (C=O) groups excluding carboxylic acids is 1. The first kappa shape index (κ1) is 17.8. The van der Waals surface area contributed by atoms with E-state index >= 15 is 0 Å². The van der Waals surface area contributed by atoms with E-state index in [4.69, 9.17) is 9.47 Å². The zero-order valence-corrected chi connectivity index (χ0v) is 15.7. The highest BCUT2D eigenvalue weighted by Crippen LogP contribution is 2.45. The Labute approximate surface area is 156 Å². The number of ether oxygens (including phenoxy) is 2.